The van der Waals surface area contributed by atoms with Crippen molar-refractivity contribution in [2.75, 3.05) is 7.11 Å². The minimum atomic E-state index is -1.06. The number of rotatable bonds is 7. The van der Waals surface area contributed by atoms with Gasteiger partial charge < -0.3 is 15.2 Å². The molecule has 1 heterocycles. The Bertz CT molecular complexity index is 1130. The van der Waals surface area contributed by atoms with E-state index in [0.717, 1.165) is 0 Å². The van der Waals surface area contributed by atoms with Gasteiger partial charge in [0, 0.05) is 23.4 Å². The summed E-state index contributed by atoms with van der Waals surface area (Å²) in [5.74, 6) is -2.78. The van der Waals surface area contributed by atoms with Crippen molar-refractivity contribution in [3.8, 4) is 11.5 Å². The zero-order valence-corrected chi connectivity index (χ0v) is 17.7. The SMILES string of the molecule is COc1ccnc(C(=O)N[C@@H](C)C(=O)NN=C(c2ccc(F)cc2)c2ccc(F)cc2)c1O. The molecule has 1 aromatic heterocycles. The topological polar surface area (TPSA) is 113 Å². The molecule has 2 amide bonds. The third-order valence-electron chi connectivity index (χ3n) is 4.58. The van der Waals surface area contributed by atoms with Crippen molar-refractivity contribution in [1.82, 2.24) is 15.7 Å². The van der Waals surface area contributed by atoms with Gasteiger partial charge >= 0.3 is 0 Å². The molecule has 3 rings (SSSR count). The number of carbonyl (C=O) groups is 2. The summed E-state index contributed by atoms with van der Waals surface area (Å²) in [7, 11) is 1.32. The van der Waals surface area contributed by atoms with E-state index in [-0.39, 0.29) is 17.2 Å². The van der Waals surface area contributed by atoms with Crippen LogP contribution < -0.4 is 15.5 Å². The van der Waals surface area contributed by atoms with Crippen molar-refractivity contribution < 1.29 is 28.2 Å². The number of halogens is 2. The van der Waals surface area contributed by atoms with Gasteiger partial charge in [0.2, 0.25) is 0 Å². The molecule has 2 aromatic carbocycles. The second-order valence-electron chi connectivity index (χ2n) is 6.86. The average Bonchev–Trinajstić information content (AvgIpc) is 2.81. The number of carbonyl (C=O) groups excluding carboxylic acids is 2. The molecule has 0 radical (unpaired) electrons. The summed E-state index contributed by atoms with van der Waals surface area (Å²) in [6.45, 7) is 1.41. The van der Waals surface area contributed by atoms with E-state index in [2.05, 4.69) is 20.8 Å². The summed E-state index contributed by atoms with van der Waals surface area (Å²) in [5.41, 5.74) is 3.25. The number of nitrogens with one attached hydrogen (secondary N) is 2. The molecule has 0 fully saturated rings. The van der Waals surface area contributed by atoms with Gasteiger partial charge in [0.15, 0.2) is 17.2 Å². The van der Waals surface area contributed by atoms with Gasteiger partial charge in [-0.2, -0.15) is 5.10 Å². The van der Waals surface area contributed by atoms with Gasteiger partial charge in [-0.3, -0.25) is 9.59 Å². The quantitative estimate of drug-likeness (QED) is 0.375. The normalized spacial score (nSPS) is 11.3. The molecule has 0 aliphatic heterocycles. The molecular formula is C23H20F2N4O4. The highest BCUT2D eigenvalue weighted by atomic mass is 19.1. The van der Waals surface area contributed by atoms with Gasteiger partial charge in [0.1, 0.15) is 17.7 Å². The minimum absolute atomic E-state index is 0.0556. The highest BCUT2D eigenvalue weighted by molar-refractivity contribution is 6.13. The van der Waals surface area contributed by atoms with E-state index < -0.39 is 35.2 Å². The van der Waals surface area contributed by atoms with Gasteiger partial charge in [-0.05, 0) is 55.5 Å². The van der Waals surface area contributed by atoms with E-state index in [1.807, 2.05) is 0 Å². The van der Waals surface area contributed by atoms with Gasteiger partial charge in [-0.25, -0.2) is 19.2 Å². The first-order valence-electron chi connectivity index (χ1n) is 9.72. The van der Waals surface area contributed by atoms with Crippen LogP contribution in [0.4, 0.5) is 8.78 Å². The van der Waals surface area contributed by atoms with E-state index in [1.165, 1.54) is 74.8 Å². The number of amides is 2. The van der Waals surface area contributed by atoms with E-state index in [1.54, 1.807) is 0 Å². The lowest BCUT2D eigenvalue weighted by atomic mass is 10.0. The number of methoxy groups -OCH3 is 1. The number of aromatic nitrogens is 1. The van der Waals surface area contributed by atoms with Crippen LogP contribution in [0.3, 0.4) is 0 Å². The van der Waals surface area contributed by atoms with Crippen molar-refractivity contribution in [1.29, 1.82) is 0 Å². The Morgan fingerprint density at radius 2 is 1.55 bits per heavy atom. The van der Waals surface area contributed by atoms with Gasteiger partial charge in [-0.15, -0.1) is 0 Å². The standard InChI is InChI=1S/C23H20F2N4O4/c1-13(27-23(32)20-21(30)18(33-2)11-12-26-20)22(31)29-28-19(14-3-7-16(24)8-4-14)15-5-9-17(25)10-6-15/h3-13,30H,1-2H3,(H,27,32)(H,29,31)/t13-/m0/s1. The smallest absolute Gasteiger partial charge is 0.274 e. The number of hydrogen-bond donors (Lipinski definition) is 3. The fraction of sp³-hybridized carbons (Fsp3) is 0.130. The van der Waals surface area contributed by atoms with Gasteiger partial charge in [-0.1, -0.05) is 0 Å². The highest BCUT2D eigenvalue weighted by Crippen LogP contribution is 2.27. The van der Waals surface area contributed by atoms with Crippen LogP contribution >= 0.6 is 0 Å². The molecule has 0 aliphatic carbocycles. The lowest BCUT2D eigenvalue weighted by molar-refractivity contribution is -0.122. The molecule has 3 aromatic rings. The number of benzene rings is 2. The Morgan fingerprint density at radius 1 is 1.00 bits per heavy atom. The monoisotopic (exact) mass is 454 g/mol. The van der Waals surface area contributed by atoms with Crippen LogP contribution in [0.5, 0.6) is 11.5 Å². The van der Waals surface area contributed by atoms with E-state index in [4.69, 9.17) is 4.74 Å². The van der Waals surface area contributed by atoms with Crippen LogP contribution in [-0.2, 0) is 4.79 Å². The third kappa shape index (κ3) is 5.67. The van der Waals surface area contributed by atoms with Crippen LogP contribution in [0.1, 0.15) is 28.5 Å². The Labute approximate surface area is 187 Å². The molecule has 0 saturated carbocycles. The number of nitrogens with zero attached hydrogens (tertiary/aromatic N) is 2. The highest BCUT2D eigenvalue weighted by Gasteiger charge is 2.22. The zero-order valence-electron chi connectivity index (χ0n) is 17.7. The third-order valence-corrected chi connectivity index (χ3v) is 4.58. The Morgan fingerprint density at radius 3 is 2.06 bits per heavy atom. The van der Waals surface area contributed by atoms with Crippen LogP contribution in [0.2, 0.25) is 0 Å². The Kier molecular flexibility index (Phi) is 7.29. The van der Waals surface area contributed by atoms with Gasteiger partial charge in [0.05, 0.1) is 12.8 Å². The molecular weight excluding hydrogens is 434 g/mol. The molecule has 0 saturated heterocycles. The van der Waals surface area contributed by atoms with Crippen LogP contribution in [0.25, 0.3) is 0 Å². The maximum absolute atomic E-state index is 13.3. The lowest BCUT2D eigenvalue weighted by Crippen LogP contribution is -2.43. The second-order valence-corrected chi connectivity index (χ2v) is 6.86. The molecule has 10 heteroatoms. The fourth-order valence-corrected chi connectivity index (χ4v) is 2.82. The van der Waals surface area contributed by atoms with Crippen LogP contribution in [0, 0.1) is 11.6 Å². The van der Waals surface area contributed by atoms with Crippen LogP contribution in [0.15, 0.2) is 65.9 Å². The zero-order chi connectivity index (χ0) is 24.0. The minimum Gasteiger partial charge on any atom is -0.503 e. The summed E-state index contributed by atoms with van der Waals surface area (Å²) >= 11 is 0. The van der Waals surface area contributed by atoms with E-state index in [0.29, 0.717) is 11.1 Å². The first kappa shape index (κ1) is 23.3. The predicted octanol–water partition coefficient (Wildman–Crippen LogP) is 2.76. The molecule has 8 nitrogen and oxygen atoms in total. The number of ether oxygens (including phenoxy) is 1. The Hall–Kier alpha value is -4.34. The lowest BCUT2D eigenvalue weighted by Gasteiger charge is -2.14. The van der Waals surface area contributed by atoms with Gasteiger partial charge in [0.25, 0.3) is 11.8 Å². The maximum atomic E-state index is 13.3. The molecule has 170 valence electrons. The maximum Gasteiger partial charge on any atom is 0.274 e. The molecule has 0 aliphatic rings. The predicted molar refractivity (Wildman–Crippen MR) is 116 cm³/mol. The number of hydrazone groups is 1. The number of pyridine rings is 1. The van der Waals surface area contributed by atoms with E-state index in [9.17, 15) is 23.5 Å². The summed E-state index contributed by atoms with van der Waals surface area (Å²) in [6.07, 6.45) is 1.28. The van der Waals surface area contributed by atoms with Crippen molar-refractivity contribution in [2.24, 2.45) is 5.10 Å². The van der Waals surface area contributed by atoms with Crippen LogP contribution in [-0.4, -0.2) is 40.8 Å². The average molecular weight is 454 g/mol. The van der Waals surface area contributed by atoms with Crippen molar-refractivity contribution in [2.45, 2.75) is 13.0 Å². The number of hydrogen-bond acceptors (Lipinski definition) is 6. The molecule has 33 heavy (non-hydrogen) atoms. The summed E-state index contributed by atoms with van der Waals surface area (Å²) in [6, 6.07) is 11.1. The van der Waals surface area contributed by atoms with Crippen molar-refractivity contribution in [3.05, 3.63) is 89.2 Å². The summed E-state index contributed by atoms with van der Waals surface area (Å²) < 4.78 is 31.6. The molecule has 0 unspecified atom stereocenters. The van der Waals surface area contributed by atoms with Crippen molar-refractivity contribution >= 4 is 17.5 Å². The fourth-order valence-electron chi connectivity index (χ4n) is 2.82. The Balaban J connectivity index is 1.78. The van der Waals surface area contributed by atoms with E-state index >= 15 is 0 Å². The summed E-state index contributed by atoms with van der Waals surface area (Å²) in [5, 5.41) is 16.6. The molecule has 1 atom stereocenters. The first-order chi connectivity index (χ1) is 15.8. The summed E-state index contributed by atoms with van der Waals surface area (Å²) in [4.78, 5) is 28.8. The first-order valence-corrected chi connectivity index (χ1v) is 9.72. The molecule has 3 N–H and O–H groups in total. The largest absolute Gasteiger partial charge is 0.503 e. The second kappa shape index (κ2) is 10.3. The number of aromatic hydroxyl groups is 1. The molecule has 0 bridgehead atoms. The molecule has 0 spiro atoms. The van der Waals surface area contributed by atoms with Crippen molar-refractivity contribution in [3.63, 3.8) is 0 Å².